The van der Waals surface area contributed by atoms with E-state index in [9.17, 15) is 9.59 Å². The quantitative estimate of drug-likeness (QED) is 0.578. The van der Waals surface area contributed by atoms with Gasteiger partial charge in [-0.3, -0.25) is 9.59 Å². The predicted octanol–water partition coefficient (Wildman–Crippen LogP) is 4.30. The number of Topliss-reactive ketones (excluding diaryl/α,β-unsaturated/α-hetero) is 2. The van der Waals surface area contributed by atoms with Crippen molar-refractivity contribution >= 4 is 17.3 Å². The van der Waals surface area contributed by atoms with E-state index in [0.717, 1.165) is 11.4 Å². The number of nitrogens with zero attached hydrogens (tertiary/aromatic N) is 1. The second kappa shape index (κ2) is 5.28. The zero-order chi connectivity index (χ0) is 17.8. The van der Waals surface area contributed by atoms with Crippen molar-refractivity contribution in [1.29, 1.82) is 0 Å². The molecule has 4 rings (SSSR count). The maximum atomic E-state index is 12.5. The summed E-state index contributed by atoms with van der Waals surface area (Å²) in [5, 5.41) is 0. The zero-order valence-corrected chi connectivity index (χ0v) is 14.5. The highest BCUT2D eigenvalue weighted by atomic mass is 16.2. The SMILES string of the molecule is CN1C(=CC=C2C(=O)c3ccccc3C2=O)C(C)(C)c2ccccc21. The first kappa shape index (κ1) is 15.6. The summed E-state index contributed by atoms with van der Waals surface area (Å²) < 4.78 is 0. The van der Waals surface area contributed by atoms with Gasteiger partial charge in [0, 0.05) is 35.0 Å². The molecule has 0 bridgehead atoms. The standard InChI is InChI=1S/C22H19NO2/c1-22(2)17-10-6-7-11-18(17)23(3)19(22)13-12-16-20(24)14-8-4-5-9-15(14)21(16)25/h4-13H,1-3H3. The third kappa shape index (κ3) is 2.12. The van der Waals surface area contributed by atoms with E-state index in [-0.39, 0.29) is 22.6 Å². The Bertz CT molecular complexity index is 942. The molecule has 25 heavy (non-hydrogen) atoms. The van der Waals surface area contributed by atoms with Gasteiger partial charge in [0.15, 0.2) is 11.6 Å². The van der Waals surface area contributed by atoms with Gasteiger partial charge < -0.3 is 4.90 Å². The Morgan fingerprint density at radius 1 is 0.840 bits per heavy atom. The minimum absolute atomic E-state index is 0.181. The molecule has 2 aromatic rings. The number of hydrogen-bond acceptors (Lipinski definition) is 3. The maximum Gasteiger partial charge on any atom is 0.197 e. The van der Waals surface area contributed by atoms with Crippen LogP contribution < -0.4 is 4.90 Å². The smallest absolute Gasteiger partial charge is 0.197 e. The number of ketones is 2. The van der Waals surface area contributed by atoms with Gasteiger partial charge in [0.05, 0.1) is 5.57 Å². The fourth-order valence-corrected chi connectivity index (χ4v) is 3.89. The van der Waals surface area contributed by atoms with E-state index in [4.69, 9.17) is 0 Å². The molecule has 3 heteroatoms. The molecule has 1 heterocycles. The first-order valence-electron chi connectivity index (χ1n) is 8.37. The van der Waals surface area contributed by atoms with Crippen LogP contribution in [0.25, 0.3) is 0 Å². The van der Waals surface area contributed by atoms with Crippen molar-refractivity contribution < 1.29 is 9.59 Å². The topological polar surface area (TPSA) is 37.4 Å². The van der Waals surface area contributed by atoms with E-state index >= 15 is 0 Å². The number of rotatable bonds is 1. The Labute approximate surface area is 147 Å². The van der Waals surface area contributed by atoms with Crippen LogP contribution in [0, 0.1) is 0 Å². The molecule has 0 saturated carbocycles. The van der Waals surface area contributed by atoms with Crippen LogP contribution >= 0.6 is 0 Å². The average Bonchev–Trinajstić information content (AvgIpc) is 2.97. The summed E-state index contributed by atoms with van der Waals surface area (Å²) in [5.74, 6) is -0.373. The molecular formula is C22H19NO2. The van der Waals surface area contributed by atoms with Crippen LogP contribution in [0.3, 0.4) is 0 Å². The van der Waals surface area contributed by atoms with Gasteiger partial charge in [-0.25, -0.2) is 0 Å². The maximum absolute atomic E-state index is 12.5. The number of fused-ring (bicyclic) bond motifs is 2. The summed E-state index contributed by atoms with van der Waals surface area (Å²) in [6.45, 7) is 4.32. The van der Waals surface area contributed by atoms with Crippen molar-refractivity contribution in [3.05, 3.63) is 88.6 Å². The Balaban J connectivity index is 1.78. The highest BCUT2D eigenvalue weighted by Gasteiger charge is 2.38. The van der Waals surface area contributed by atoms with E-state index in [1.54, 1.807) is 30.3 Å². The van der Waals surface area contributed by atoms with Crippen molar-refractivity contribution in [3.63, 3.8) is 0 Å². The van der Waals surface area contributed by atoms with E-state index in [1.807, 2.05) is 25.3 Å². The van der Waals surface area contributed by atoms with Crippen LogP contribution in [0.15, 0.2) is 72.0 Å². The molecule has 0 N–H and O–H groups in total. The third-order valence-electron chi connectivity index (χ3n) is 5.25. The first-order chi connectivity index (χ1) is 11.9. The Morgan fingerprint density at radius 2 is 1.40 bits per heavy atom. The van der Waals surface area contributed by atoms with Crippen LogP contribution in [0.5, 0.6) is 0 Å². The van der Waals surface area contributed by atoms with Gasteiger partial charge in [-0.05, 0) is 23.8 Å². The Kier molecular flexibility index (Phi) is 3.29. The van der Waals surface area contributed by atoms with Gasteiger partial charge in [-0.2, -0.15) is 0 Å². The Hall–Kier alpha value is -2.94. The molecule has 0 aromatic heterocycles. The van der Waals surface area contributed by atoms with Gasteiger partial charge in [0.2, 0.25) is 0 Å². The molecule has 0 saturated heterocycles. The summed E-state index contributed by atoms with van der Waals surface area (Å²) in [5.41, 5.74) is 4.53. The van der Waals surface area contributed by atoms with E-state index < -0.39 is 0 Å². The number of anilines is 1. The molecule has 2 aromatic carbocycles. The number of benzene rings is 2. The zero-order valence-electron chi connectivity index (χ0n) is 14.5. The third-order valence-corrected chi connectivity index (χ3v) is 5.25. The number of hydrogen-bond donors (Lipinski definition) is 0. The van der Waals surface area contributed by atoms with Crippen molar-refractivity contribution in [2.75, 3.05) is 11.9 Å². The number of carbonyl (C=O) groups excluding carboxylic acids is 2. The van der Waals surface area contributed by atoms with Gasteiger partial charge in [0.25, 0.3) is 0 Å². The molecule has 3 nitrogen and oxygen atoms in total. The normalized spacial score (nSPS) is 19.4. The molecule has 2 aliphatic rings. The molecule has 1 aliphatic heterocycles. The van der Waals surface area contributed by atoms with Crippen molar-refractivity contribution in [3.8, 4) is 0 Å². The lowest BCUT2D eigenvalue weighted by atomic mass is 9.83. The molecule has 0 spiro atoms. The minimum atomic E-state index is -0.187. The molecule has 0 radical (unpaired) electrons. The van der Waals surface area contributed by atoms with Crippen LogP contribution in [0.2, 0.25) is 0 Å². The highest BCUT2D eigenvalue weighted by molar-refractivity contribution is 6.39. The number of likely N-dealkylation sites (N-methyl/N-ethyl adjacent to an activating group) is 1. The van der Waals surface area contributed by atoms with E-state index in [0.29, 0.717) is 11.1 Å². The lowest BCUT2D eigenvalue weighted by Crippen LogP contribution is -2.22. The van der Waals surface area contributed by atoms with Crippen LogP contribution in [0.1, 0.15) is 40.1 Å². The summed E-state index contributed by atoms with van der Waals surface area (Å²) in [6.07, 6.45) is 3.60. The second-order valence-corrected chi connectivity index (χ2v) is 7.04. The van der Waals surface area contributed by atoms with Crippen molar-refractivity contribution in [2.24, 2.45) is 0 Å². The minimum Gasteiger partial charge on any atom is -0.347 e. The summed E-state index contributed by atoms with van der Waals surface area (Å²) in [7, 11) is 2.02. The summed E-state index contributed by atoms with van der Waals surface area (Å²) in [6, 6.07) is 15.3. The fourth-order valence-electron chi connectivity index (χ4n) is 3.89. The molecule has 0 atom stereocenters. The molecule has 0 fully saturated rings. The number of para-hydroxylation sites is 1. The fraction of sp³-hybridized carbons (Fsp3) is 0.182. The van der Waals surface area contributed by atoms with Gasteiger partial charge >= 0.3 is 0 Å². The van der Waals surface area contributed by atoms with E-state index in [1.165, 1.54) is 5.56 Å². The highest BCUT2D eigenvalue weighted by Crippen LogP contribution is 2.46. The lowest BCUT2D eigenvalue weighted by molar-refractivity contribution is 0.0989. The Morgan fingerprint density at radius 3 is 2.00 bits per heavy atom. The first-order valence-corrected chi connectivity index (χ1v) is 8.37. The molecule has 124 valence electrons. The largest absolute Gasteiger partial charge is 0.347 e. The molecular weight excluding hydrogens is 310 g/mol. The van der Waals surface area contributed by atoms with Gasteiger partial charge in [0.1, 0.15) is 0 Å². The predicted molar refractivity (Wildman–Crippen MR) is 99.1 cm³/mol. The van der Waals surface area contributed by atoms with Gasteiger partial charge in [-0.1, -0.05) is 56.3 Å². The van der Waals surface area contributed by atoms with Crippen LogP contribution in [0.4, 0.5) is 5.69 Å². The number of carbonyl (C=O) groups is 2. The molecule has 0 amide bonds. The molecule has 1 aliphatic carbocycles. The van der Waals surface area contributed by atoms with E-state index in [2.05, 4.69) is 30.9 Å². The summed E-state index contributed by atoms with van der Waals surface area (Å²) >= 11 is 0. The van der Waals surface area contributed by atoms with Crippen LogP contribution in [-0.2, 0) is 5.41 Å². The van der Waals surface area contributed by atoms with Gasteiger partial charge in [-0.15, -0.1) is 0 Å². The second-order valence-electron chi connectivity index (χ2n) is 7.04. The van der Waals surface area contributed by atoms with Crippen LogP contribution in [-0.4, -0.2) is 18.6 Å². The summed E-state index contributed by atoms with van der Waals surface area (Å²) in [4.78, 5) is 27.2. The lowest BCUT2D eigenvalue weighted by Gasteiger charge is -2.23. The molecule has 0 unspecified atom stereocenters. The monoisotopic (exact) mass is 329 g/mol. The number of allylic oxidation sites excluding steroid dienone is 4. The van der Waals surface area contributed by atoms with Crippen molar-refractivity contribution in [1.82, 2.24) is 0 Å². The van der Waals surface area contributed by atoms with Crippen molar-refractivity contribution in [2.45, 2.75) is 19.3 Å². The average molecular weight is 329 g/mol.